The van der Waals surface area contributed by atoms with E-state index in [9.17, 15) is 4.79 Å². The summed E-state index contributed by atoms with van der Waals surface area (Å²) in [5.41, 5.74) is 2.65. The van der Waals surface area contributed by atoms with Gasteiger partial charge in [0.15, 0.2) is 0 Å². The van der Waals surface area contributed by atoms with Crippen molar-refractivity contribution in [1.82, 2.24) is 14.9 Å². The maximum absolute atomic E-state index is 12.5. The Kier molecular flexibility index (Phi) is 5.14. The van der Waals surface area contributed by atoms with Crippen LogP contribution in [0.2, 0.25) is 0 Å². The number of nitrogens with one attached hydrogen (secondary N) is 1. The molecule has 0 unspecified atom stereocenters. The first-order valence-electron chi connectivity index (χ1n) is 9.78. The SMILES string of the molecule is O=C(c1ccc(-c2cc(NC3CCCCC3)ncn2)cc1)N1CCCC1. The zero-order valence-electron chi connectivity index (χ0n) is 15.2. The number of hydrogen-bond donors (Lipinski definition) is 1. The summed E-state index contributed by atoms with van der Waals surface area (Å²) in [6.07, 6.45) is 10.2. The molecule has 1 N–H and O–H groups in total. The average molecular weight is 350 g/mol. The minimum absolute atomic E-state index is 0.136. The van der Waals surface area contributed by atoms with Gasteiger partial charge in [-0.2, -0.15) is 0 Å². The van der Waals surface area contributed by atoms with E-state index in [1.54, 1.807) is 6.33 Å². The molecule has 1 saturated carbocycles. The van der Waals surface area contributed by atoms with Crippen LogP contribution in [-0.2, 0) is 0 Å². The van der Waals surface area contributed by atoms with Crippen LogP contribution in [0.4, 0.5) is 5.82 Å². The summed E-state index contributed by atoms with van der Waals surface area (Å²) in [5, 5.41) is 3.55. The van der Waals surface area contributed by atoms with E-state index in [2.05, 4.69) is 15.3 Å². The standard InChI is InChI=1S/C21H26N4O/c26-21(25-12-4-5-13-25)17-10-8-16(9-11-17)19-14-20(23-15-22-19)24-18-6-2-1-3-7-18/h8-11,14-15,18H,1-7,12-13H2,(H,22,23,24). The van der Waals surface area contributed by atoms with Crippen molar-refractivity contribution >= 4 is 11.7 Å². The highest BCUT2D eigenvalue weighted by Crippen LogP contribution is 2.24. The maximum atomic E-state index is 12.5. The molecule has 5 nitrogen and oxygen atoms in total. The van der Waals surface area contributed by atoms with Crippen LogP contribution in [0, 0.1) is 0 Å². The van der Waals surface area contributed by atoms with Crippen LogP contribution in [0.15, 0.2) is 36.7 Å². The van der Waals surface area contributed by atoms with Gasteiger partial charge in [-0.15, -0.1) is 0 Å². The third kappa shape index (κ3) is 3.87. The highest BCUT2D eigenvalue weighted by Gasteiger charge is 2.19. The van der Waals surface area contributed by atoms with Gasteiger partial charge in [0.2, 0.25) is 0 Å². The first kappa shape index (κ1) is 17.0. The monoisotopic (exact) mass is 350 g/mol. The molecule has 2 fully saturated rings. The van der Waals surface area contributed by atoms with Gasteiger partial charge in [-0.3, -0.25) is 4.79 Å². The summed E-state index contributed by atoms with van der Waals surface area (Å²) in [4.78, 5) is 23.2. The van der Waals surface area contributed by atoms with Crippen LogP contribution >= 0.6 is 0 Å². The Morgan fingerprint density at radius 2 is 1.69 bits per heavy atom. The summed E-state index contributed by atoms with van der Waals surface area (Å²) in [5.74, 6) is 1.02. The minimum Gasteiger partial charge on any atom is -0.367 e. The predicted molar refractivity (Wildman–Crippen MR) is 103 cm³/mol. The second kappa shape index (κ2) is 7.85. The van der Waals surface area contributed by atoms with Gasteiger partial charge >= 0.3 is 0 Å². The van der Waals surface area contributed by atoms with E-state index in [0.29, 0.717) is 6.04 Å². The van der Waals surface area contributed by atoms with Gasteiger partial charge in [0.25, 0.3) is 5.91 Å². The van der Waals surface area contributed by atoms with Crippen LogP contribution in [-0.4, -0.2) is 39.9 Å². The minimum atomic E-state index is 0.136. The van der Waals surface area contributed by atoms with Crippen molar-refractivity contribution in [3.05, 3.63) is 42.2 Å². The van der Waals surface area contributed by atoms with E-state index >= 15 is 0 Å². The topological polar surface area (TPSA) is 58.1 Å². The van der Waals surface area contributed by atoms with Crippen LogP contribution < -0.4 is 5.32 Å². The number of amides is 1. The third-order valence-electron chi connectivity index (χ3n) is 5.45. The smallest absolute Gasteiger partial charge is 0.253 e. The molecule has 136 valence electrons. The molecule has 4 rings (SSSR count). The number of nitrogens with zero attached hydrogens (tertiary/aromatic N) is 3. The van der Waals surface area contributed by atoms with Crippen molar-refractivity contribution in [2.75, 3.05) is 18.4 Å². The van der Waals surface area contributed by atoms with Gasteiger partial charge in [0.1, 0.15) is 12.1 Å². The Labute approximate surface area is 154 Å². The maximum Gasteiger partial charge on any atom is 0.253 e. The van der Waals surface area contributed by atoms with Crippen LogP contribution in [0.5, 0.6) is 0 Å². The molecule has 2 aromatic rings. The Morgan fingerprint density at radius 1 is 0.962 bits per heavy atom. The number of anilines is 1. The summed E-state index contributed by atoms with van der Waals surface area (Å²) >= 11 is 0. The molecule has 0 bridgehead atoms. The van der Waals surface area contributed by atoms with Crippen LogP contribution in [0.25, 0.3) is 11.3 Å². The second-order valence-electron chi connectivity index (χ2n) is 7.34. The van der Waals surface area contributed by atoms with E-state index in [0.717, 1.165) is 48.6 Å². The van der Waals surface area contributed by atoms with E-state index in [1.165, 1.54) is 32.1 Å². The zero-order chi connectivity index (χ0) is 17.8. The lowest BCUT2D eigenvalue weighted by atomic mass is 9.95. The van der Waals surface area contributed by atoms with Crippen molar-refractivity contribution in [2.45, 2.75) is 51.0 Å². The lowest BCUT2D eigenvalue weighted by molar-refractivity contribution is 0.0793. The van der Waals surface area contributed by atoms with Crippen LogP contribution in [0.3, 0.4) is 0 Å². The Hall–Kier alpha value is -2.43. The quantitative estimate of drug-likeness (QED) is 0.901. The number of aromatic nitrogens is 2. The fourth-order valence-electron chi connectivity index (χ4n) is 3.94. The van der Waals surface area contributed by atoms with Gasteiger partial charge in [-0.1, -0.05) is 31.4 Å². The van der Waals surface area contributed by atoms with Gasteiger partial charge in [-0.25, -0.2) is 9.97 Å². The van der Waals surface area contributed by atoms with Crippen LogP contribution in [0.1, 0.15) is 55.3 Å². The molecule has 1 aromatic carbocycles. The van der Waals surface area contributed by atoms with Crippen molar-refractivity contribution in [3.8, 4) is 11.3 Å². The molecule has 2 aliphatic rings. The predicted octanol–water partition coefficient (Wildman–Crippen LogP) is 4.12. The number of carbonyl (C=O) groups excluding carboxylic acids is 1. The molecular weight excluding hydrogens is 324 g/mol. The van der Waals surface area contributed by atoms with E-state index in [4.69, 9.17) is 0 Å². The van der Waals surface area contributed by atoms with E-state index in [-0.39, 0.29) is 5.91 Å². The average Bonchev–Trinajstić information content (AvgIpc) is 3.23. The molecule has 0 spiro atoms. The molecule has 1 aromatic heterocycles. The number of hydrogen-bond acceptors (Lipinski definition) is 4. The van der Waals surface area contributed by atoms with Gasteiger partial charge < -0.3 is 10.2 Å². The largest absolute Gasteiger partial charge is 0.367 e. The van der Waals surface area contributed by atoms with E-state index in [1.807, 2.05) is 35.2 Å². The summed E-state index contributed by atoms with van der Waals surface area (Å²) in [6, 6.07) is 10.3. The van der Waals surface area contributed by atoms with Gasteiger partial charge in [0.05, 0.1) is 5.69 Å². The number of carbonyl (C=O) groups is 1. The highest BCUT2D eigenvalue weighted by atomic mass is 16.2. The molecular formula is C21H26N4O. The number of rotatable bonds is 4. The summed E-state index contributed by atoms with van der Waals surface area (Å²) < 4.78 is 0. The Balaban J connectivity index is 1.46. The molecule has 0 atom stereocenters. The van der Waals surface area contributed by atoms with Crippen molar-refractivity contribution < 1.29 is 4.79 Å². The first-order valence-corrected chi connectivity index (χ1v) is 9.78. The molecule has 5 heteroatoms. The molecule has 0 radical (unpaired) electrons. The first-order chi connectivity index (χ1) is 12.8. The zero-order valence-corrected chi connectivity index (χ0v) is 15.2. The number of benzene rings is 1. The van der Waals surface area contributed by atoms with Crippen molar-refractivity contribution in [3.63, 3.8) is 0 Å². The third-order valence-corrected chi connectivity index (χ3v) is 5.45. The van der Waals surface area contributed by atoms with Gasteiger partial charge in [-0.05, 0) is 37.8 Å². The lowest BCUT2D eigenvalue weighted by Gasteiger charge is -2.23. The summed E-state index contributed by atoms with van der Waals surface area (Å²) in [7, 11) is 0. The molecule has 2 heterocycles. The molecule has 1 aliphatic heterocycles. The lowest BCUT2D eigenvalue weighted by Crippen LogP contribution is -2.27. The fraction of sp³-hybridized carbons (Fsp3) is 0.476. The van der Waals surface area contributed by atoms with E-state index < -0.39 is 0 Å². The van der Waals surface area contributed by atoms with Crippen molar-refractivity contribution in [1.29, 1.82) is 0 Å². The number of likely N-dealkylation sites (tertiary alicyclic amines) is 1. The molecule has 1 aliphatic carbocycles. The molecule has 26 heavy (non-hydrogen) atoms. The summed E-state index contributed by atoms with van der Waals surface area (Å²) in [6.45, 7) is 1.76. The second-order valence-corrected chi connectivity index (χ2v) is 7.34. The Morgan fingerprint density at radius 3 is 2.42 bits per heavy atom. The normalized spacial score (nSPS) is 18.1. The Bertz CT molecular complexity index is 747. The highest BCUT2D eigenvalue weighted by molar-refractivity contribution is 5.94. The fourth-order valence-corrected chi connectivity index (χ4v) is 3.94. The van der Waals surface area contributed by atoms with Crippen molar-refractivity contribution in [2.24, 2.45) is 0 Å². The molecule has 1 amide bonds. The van der Waals surface area contributed by atoms with Gasteiger partial charge in [0, 0.05) is 36.3 Å². The molecule has 1 saturated heterocycles.